The third-order valence-electron chi connectivity index (χ3n) is 4.68. The summed E-state index contributed by atoms with van der Waals surface area (Å²) >= 11 is 0. The van der Waals surface area contributed by atoms with Gasteiger partial charge in [-0.3, -0.25) is 4.68 Å². The highest BCUT2D eigenvalue weighted by Gasteiger charge is 2.14. The molecule has 0 aliphatic heterocycles. The first kappa shape index (κ1) is 19.2. The number of hydrogen-bond acceptors (Lipinski definition) is 6. The van der Waals surface area contributed by atoms with Gasteiger partial charge >= 0.3 is 0 Å². The fourth-order valence-electron chi connectivity index (χ4n) is 3.25. The summed E-state index contributed by atoms with van der Waals surface area (Å²) in [7, 11) is 1.88. The van der Waals surface area contributed by atoms with E-state index in [9.17, 15) is 5.26 Å². The summed E-state index contributed by atoms with van der Waals surface area (Å²) < 4.78 is 3.49. The maximum absolute atomic E-state index is 9.53. The second-order valence-electron chi connectivity index (χ2n) is 6.75. The fraction of sp³-hybridized carbons (Fsp3) is 0.182. The molecule has 0 saturated heterocycles. The number of aromatic nitrogens is 5. The maximum atomic E-state index is 9.53. The molecule has 2 N–H and O–H groups in total. The molecule has 0 bridgehead atoms. The number of rotatable bonds is 7. The van der Waals surface area contributed by atoms with Crippen LogP contribution in [-0.4, -0.2) is 44.0 Å². The summed E-state index contributed by atoms with van der Waals surface area (Å²) in [4.78, 5) is 4.52. The summed E-state index contributed by atoms with van der Waals surface area (Å²) in [5, 5.41) is 24.5. The lowest BCUT2D eigenvalue weighted by Crippen LogP contribution is -2.22. The number of fused-ring (bicyclic) bond motifs is 1. The number of nitrogens with one attached hydrogen (secondary N) is 2. The normalized spacial score (nSPS) is 10.6. The van der Waals surface area contributed by atoms with Crippen LogP contribution >= 0.6 is 0 Å². The van der Waals surface area contributed by atoms with Crippen molar-refractivity contribution in [2.75, 3.05) is 25.0 Å². The van der Waals surface area contributed by atoms with E-state index < -0.39 is 0 Å². The molecular weight excluding hydrogens is 376 g/mol. The van der Waals surface area contributed by atoms with E-state index in [1.54, 1.807) is 27.8 Å². The number of aryl methyl sites for hydroxylation is 1. The van der Waals surface area contributed by atoms with Gasteiger partial charge in [-0.05, 0) is 18.2 Å². The lowest BCUT2D eigenvalue weighted by atomic mass is 10.0. The zero-order chi connectivity index (χ0) is 20.9. The molecule has 0 saturated carbocycles. The summed E-state index contributed by atoms with van der Waals surface area (Å²) in [5.74, 6) is 3.31. The van der Waals surface area contributed by atoms with E-state index in [1.165, 1.54) is 0 Å². The van der Waals surface area contributed by atoms with Crippen LogP contribution < -0.4 is 10.6 Å². The minimum absolute atomic E-state index is 0.518. The summed E-state index contributed by atoms with van der Waals surface area (Å²) in [6.07, 6.45) is 14.3. The Labute approximate surface area is 174 Å². The zero-order valence-electron chi connectivity index (χ0n) is 16.5. The molecule has 0 spiro atoms. The van der Waals surface area contributed by atoms with Gasteiger partial charge in [0.15, 0.2) is 0 Å². The van der Waals surface area contributed by atoms with Gasteiger partial charge in [0.2, 0.25) is 0 Å². The minimum Gasteiger partial charge on any atom is -0.369 e. The molecule has 30 heavy (non-hydrogen) atoms. The number of anilines is 1. The van der Waals surface area contributed by atoms with Crippen LogP contribution in [0.3, 0.4) is 0 Å². The Hall–Kier alpha value is -4.14. The topological polar surface area (TPSA) is 95.9 Å². The summed E-state index contributed by atoms with van der Waals surface area (Å²) in [6, 6.07) is 8.18. The second-order valence-corrected chi connectivity index (χ2v) is 6.75. The van der Waals surface area contributed by atoms with Crippen LogP contribution in [0.25, 0.3) is 27.8 Å². The van der Waals surface area contributed by atoms with Crippen molar-refractivity contribution in [2.45, 2.75) is 0 Å². The van der Waals surface area contributed by atoms with Gasteiger partial charge in [0, 0.05) is 61.0 Å². The van der Waals surface area contributed by atoms with E-state index in [0.29, 0.717) is 12.1 Å². The lowest BCUT2D eigenvalue weighted by Gasteiger charge is -2.10. The van der Waals surface area contributed by atoms with Crippen molar-refractivity contribution in [3.8, 4) is 40.7 Å². The molecule has 0 aliphatic carbocycles. The van der Waals surface area contributed by atoms with E-state index in [4.69, 9.17) is 6.42 Å². The fourth-order valence-corrected chi connectivity index (χ4v) is 3.25. The third kappa shape index (κ3) is 3.86. The molecule has 4 aromatic heterocycles. The van der Waals surface area contributed by atoms with E-state index >= 15 is 0 Å². The van der Waals surface area contributed by atoms with Gasteiger partial charge in [-0.15, -0.1) is 6.42 Å². The predicted octanol–water partition coefficient (Wildman–Crippen LogP) is 2.30. The first-order valence-corrected chi connectivity index (χ1v) is 9.44. The van der Waals surface area contributed by atoms with Gasteiger partial charge in [-0.1, -0.05) is 5.92 Å². The standard InChI is InChI=1S/C22H20N8/c1-3-6-24-7-8-25-21-5-4-16(11-26-21)20-9-17(19-13-27-29(2)14-19)15-30-22(20)18(10-23)12-28-30/h1,4-5,9,11-15,24H,6-8H2,2H3,(H,25,26). The Morgan fingerprint density at radius 1 is 1.07 bits per heavy atom. The molecule has 4 heterocycles. The van der Waals surface area contributed by atoms with Crippen LogP contribution in [0.4, 0.5) is 5.82 Å². The molecule has 0 unspecified atom stereocenters. The van der Waals surface area contributed by atoms with Gasteiger partial charge < -0.3 is 10.6 Å². The SMILES string of the molecule is C#CCNCCNc1ccc(-c2cc(-c3cnn(C)c3)cn3ncc(C#N)c23)cn1. The number of pyridine rings is 2. The van der Waals surface area contributed by atoms with Crippen LogP contribution in [0.2, 0.25) is 0 Å². The molecule has 0 amide bonds. The van der Waals surface area contributed by atoms with Crippen LogP contribution in [-0.2, 0) is 7.05 Å². The molecule has 8 nitrogen and oxygen atoms in total. The molecule has 0 fully saturated rings. The second kappa shape index (κ2) is 8.48. The minimum atomic E-state index is 0.518. The number of nitriles is 1. The molecule has 0 aromatic carbocycles. The average molecular weight is 396 g/mol. The van der Waals surface area contributed by atoms with Crippen molar-refractivity contribution in [2.24, 2.45) is 7.05 Å². The summed E-state index contributed by atoms with van der Waals surface area (Å²) in [6.45, 7) is 2.02. The Bertz CT molecular complexity index is 1250. The van der Waals surface area contributed by atoms with Crippen molar-refractivity contribution in [3.63, 3.8) is 0 Å². The number of terminal acetylenes is 1. The molecule has 4 aromatic rings. The molecule has 0 atom stereocenters. The highest BCUT2D eigenvalue weighted by Crippen LogP contribution is 2.31. The molecule has 148 valence electrons. The zero-order valence-corrected chi connectivity index (χ0v) is 16.5. The van der Waals surface area contributed by atoms with Gasteiger partial charge in [0.25, 0.3) is 0 Å². The highest BCUT2D eigenvalue weighted by molar-refractivity contribution is 5.87. The Morgan fingerprint density at radius 2 is 1.97 bits per heavy atom. The third-order valence-corrected chi connectivity index (χ3v) is 4.68. The summed E-state index contributed by atoms with van der Waals surface area (Å²) in [5.41, 5.74) is 5.00. The Morgan fingerprint density at radius 3 is 2.67 bits per heavy atom. The van der Waals surface area contributed by atoms with E-state index in [1.807, 2.05) is 37.6 Å². The van der Waals surface area contributed by atoms with Gasteiger partial charge in [-0.25, -0.2) is 9.50 Å². The van der Waals surface area contributed by atoms with Crippen molar-refractivity contribution in [3.05, 3.63) is 54.7 Å². The highest BCUT2D eigenvalue weighted by atomic mass is 15.2. The maximum Gasteiger partial charge on any atom is 0.125 e. The van der Waals surface area contributed by atoms with Crippen LogP contribution in [0.15, 0.2) is 49.2 Å². The van der Waals surface area contributed by atoms with Gasteiger partial charge in [0.05, 0.1) is 30.0 Å². The molecular formula is C22H20N8. The first-order valence-electron chi connectivity index (χ1n) is 9.44. The predicted molar refractivity (Wildman–Crippen MR) is 116 cm³/mol. The van der Waals surface area contributed by atoms with Crippen molar-refractivity contribution < 1.29 is 0 Å². The Kier molecular flexibility index (Phi) is 5.42. The lowest BCUT2D eigenvalue weighted by molar-refractivity contribution is 0.768. The average Bonchev–Trinajstić information content (AvgIpc) is 3.39. The molecule has 8 heteroatoms. The smallest absolute Gasteiger partial charge is 0.125 e. The molecule has 0 radical (unpaired) electrons. The molecule has 0 aliphatic rings. The van der Waals surface area contributed by atoms with E-state index in [0.717, 1.165) is 46.7 Å². The Balaban J connectivity index is 1.68. The van der Waals surface area contributed by atoms with Crippen molar-refractivity contribution in [1.82, 2.24) is 29.7 Å². The monoisotopic (exact) mass is 396 g/mol. The number of nitrogens with zero attached hydrogens (tertiary/aromatic N) is 6. The van der Waals surface area contributed by atoms with Crippen LogP contribution in [0.1, 0.15) is 5.56 Å². The van der Waals surface area contributed by atoms with Gasteiger partial charge in [0.1, 0.15) is 11.9 Å². The first-order chi connectivity index (χ1) is 14.7. The number of hydrogen-bond donors (Lipinski definition) is 2. The quantitative estimate of drug-likeness (QED) is 0.368. The van der Waals surface area contributed by atoms with E-state index in [-0.39, 0.29) is 0 Å². The largest absolute Gasteiger partial charge is 0.369 e. The van der Waals surface area contributed by atoms with Gasteiger partial charge in [-0.2, -0.15) is 15.5 Å². The molecule has 4 rings (SSSR count). The van der Waals surface area contributed by atoms with Crippen molar-refractivity contribution in [1.29, 1.82) is 5.26 Å². The van der Waals surface area contributed by atoms with Crippen LogP contribution in [0.5, 0.6) is 0 Å². The van der Waals surface area contributed by atoms with Crippen LogP contribution in [0, 0.1) is 23.7 Å². The van der Waals surface area contributed by atoms with Crippen molar-refractivity contribution >= 4 is 11.3 Å². The van der Waals surface area contributed by atoms with E-state index in [2.05, 4.69) is 37.8 Å².